The highest BCUT2D eigenvalue weighted by atomic mass is 127. The first kappa shape index (κ1) is 20.2. The van der Waals surface area contributed by atoms with E-state index in [1.165, 1.54) is 12.8 Å². The summed E-state index contributed by atoms with van der Waals surface area (Å²) in [6.45, 7) is 6.50. The molecule has 140 valence electrons. The summed E-state index contributed by atoms with van der Waals surface area (Å²) in [7, 11) is 1.84. The summed E-state index contributed by atoms with van der Waals surface area (Å²) < 4.78 is 5.45. The van der Waals surface area contributed by atoms with Crippen LogP contribution in [0, 0.1) is 0 Å². The van der Waals surface area contributed by atoms with Crippen LogP contribution in [0.3, 0.4) is 0 Å². The molecule has 24 heavy (non-hydrogen) atoms. The average Bonchev–Trinajstić information content (AvgIpc) is 3.07. The molecule has 0 aromatic heterocycles. The van der Waals surface area contributed by atoms with Crippen LogP contribution in [0.4, 0.5) is 0 Å². The zero-order valence-corrected chi connectivity index (χ0v) is 17.2. The molecular formula is C17H33IN4O2. The SMILES string of the molecule is CN=C(NCC1(O)CCCCC1)N1CCC(N2CCOCC2)C1.I. The number of halogens is 1. The lowest BCUT2D eigenvalue weighted by atomic mass is 9.85. The number of rotatable bonds is 3. The molecule has 3 rings (SSSR count). The van der Waals surface area contributed by atoms with Gasteiger partial charge in [0.05, 0.1) is 18.8 Å². The highest BCUT2D eigenvalue weighted by Crippen LogP contribution is 2.27. The van der Waals surface area contributed by atoms with E-state index in [1.54, 1.807) is 0 Å². The Balaban J connectivity index is 0.00000208. The van der Waals surface area contributed by atoms with Gasteiger partial charge in [-0.2, -0.15) is 0 Å². The van der Waals surface area contributed by atoms with E-state index in [0.29, 0.717) is 12.6 Å². The fraction of sp³-hybridized carbons (Fsp3) is 0.941. The lowest BCUT2D eigenvalue weighted by molar-refractivity contribution is 0.00799. The monoisotopic (exact) mass is 452 g/mol. The minimum Gasteiger partial charge on any atom is -0.388 e. The van der Waals surface area contributed by atoms with Gasteiger partial charge in [-0.25, -0.2) is 0 Å². The van der Waals surface area contributed by atoms with Gasteiger partial charge in [0.2, 0.25) is 0 Å². The normalized spacial score (nSPS) is 28.5. The van der Waals surface area contributed by atoms with Crippen LogP contribution in [0.5, 0.6) is 0 Å². The van der Waals surface area contributed by atoms with Crippen LogP contribution >= 0.6 is 24.0 Å². The molecule has 2 heterocycles. The van der Waals surface area contributed by atoms with Crippen LogP contribution in [-0.4, -0.2) is 85.5 Å². The molecule has 2 N–H and O–H groups in total. The third-order valence-electron chi connectivity index (χ3n) is 5.60. The molecule has 1 saturated carbocycles. The molecule has 1 unspecified atom stereocenters. The van der Waals surface area contributed by atoms with Gasteiger partial charge in [0.1, 0.15) is 0 Å². The third kappa shape index (κ3) is 5.19. The van der Waals surface area contributed by atoms with Gasteiger partial charge < -0.3 is 20.1 Å². The molecular weight excluding hydrogens is 419 g/mol. The first-order valence-electron chi connectivity index (χ1n) is 9.20. The number of guanidine groups is 1. The van der Waals surface area contributed by atoms with E-state index in [2.05, 4.69) is 20.1 Å². The minimum absolute atomic E-state index is 0. The smallest absolute Gasteiger partial charge is 0.193 e. The Morgan fingerprint density at radius 3 is 2.58 bits per heavy atom. The van der Waals surface area contributed by atoms with Crippen molar-refractivity contribution in [2.24, 2.45) is 4.99 Å². The van der Waals surface area contributed by atoms with Gasteiger partial charge in [-0.1, -0.05) is 19.3 Å². The maximum absolute atomic E-state index is 10.7. The number of hydrogen-bond donors (Lipinski definition) is 2. The molecule has 1 aliphatic carbocycles. The molecule has 2 saturated heterocycles. The van der Waals surface area contributed by atoms with E-state index < -0.39 is 5.60 Å². The molecule has 3 fully saturated rings. The maximum Gasteiger partial charge on any atom is 0.193 e. The van der Waals surface area contributed by atoms with Crippen molar-refractivity contribution in [3.05, 3.63) is 0 Å². The Morgan fingerprint density at radius 2 is 1.92 bits per heavy atom. The van der Waals surface area contributed by atoms with Crippen molar-refractivity contribution in [1.82, 2.24) is 15.1 Å². The van der Waals surface area contributed by atoms with E-state index in [9.17, 15) is 5.11 Å². The summed E-state index contributed by atoms with van der Waals surface area (Å²) in [6.07, 6.45) is 6.54. The summed E-state index contributed by atoms with van der Waals surface area (Å²) in [5, 5.41) is 14.1. The third-order valence-corrected chi connectivity index (χ3v) is 5.60. The van der Waals surface area contributed by atoms with E-state index >= 15 is 0 Å². The van der Waals surface area contributed by atoms with Crippen molar-refractivity contribution >= 4 is 29.9 Å². The van der Waals surface area contributed by atoms with Crippen molar-refractivity contribution in [2.75, 3.05) is 53.0 Å². The van der Waals surface area contributed by atoms with Crippen LogP contribution in [0.1, 0.15) is 38.5 Å². The second kappa shape index (κ2) is 9.54. The molecule has 0 aromatic rings. The second-order valence-electron chi connectivity index (χ2n) is 7.22. The number of nitrogens with one attached hydrogen (secondary N) is 1. The molecule has 3 aliphatic rings. The van der Waals surface area contributed by atoms with E-state index in [-0.39, 0.29) is 24.0 Å². The molecule has 1 atom stereocenters. The van der Waals surface area contributed by atoms with Crippen LogP contribution in [0.25, 0.3) is 0 Å². The number of aliphatic imine (C=N–C) groups is 1. The number of likely N-dealkylation sites (tertiary alicyclic amines) is 1. The first-order chi connectivity index (χ1) is 11.2. The number of nitrogens with zero attached hydrogens (tertiary/aromatic N) is 3. The summed E-state index contributed by atoms with van der Waals surface area (Å²) >= 11 is 0. The number of hydrogen-bond acceptors (Lipinski definition) is 4. The fourth-order valence-corrected chi connectivity index (χ4v) is 4.14. The van der Waals surface area contributed by atoms with E-state index in [1.807, 2.05) is 7.05 Å². The number of morpholine rings is 1. The molecule has 7 heteroatoms. The summed E-state index contributed by atoms with van der Waals surface area (Å²) in [5.41, 5.74) is -0.544. The molecule has 0 bridgehead atoms. The Kier molecular flexibility index (Phi) is 8.03. The predicted molar refractivity (Wildman–Crippen MR) is 107 cm³/mol. The van der Waals surface area contributed by atoms with Crippen LogP contribution < -0.4 is 5.32 Å². The first-order valence-corrected chi connectivity index (χ1v) is 9.20. The van der Waals surface area contributed by atoms with Gasteiger partial charge in [-0.05, 0) is 19.3 Å². The zero-order chi connectivity index (χ0) is 16.1. The van der Waals surface area contributed by atoms with E-state index in [0.717, 1.165) is 71.0 Å². The molecule has 0 spiro atoms. The lowest BCUT2D eigenvalue weighted by Crippen LogP contribution is -2.50. The second-order valence-corrected chi connectivity index (χ2v) is 7.22. The Labute approximate surface area is 163 Å². The van der Waals surface area contributed by atoms with Gasteiger partial charge in [-0.15, -0.1) is 24.0 Å². The fourth-order valence-electron chi connectivity index (χ4n) is 4.14. The van der Waals surface area contributed by atoms with Crippen molar-refractivity contribution in [3.8, 4) is 0 Å². The minimum atomic E-state index is -0.544. The van der Waals surface area contributed by atoms with Gasteiger partial charge in [0.25, 0.3) is 0 Å². The van der Waals surface area contributed by atoms with Gasteiger partial charge in [-0.3, -0.25) is 9.89 Å². The van der Waals surface area contributed by atoms with Crippen molar-refractivity contribution in [1.29, 1.82) is 0 Å². The molecule has 0 aromatic carbocycles. The quantitative estimate of drug-likeness (QED) is 0.384. The van der Waals surface area contributed by atoms with Crippen molar-refractivity contribution in [2.45, 2.75) is 50.2 Å². The van der Waals surface area contributed by atoms with Gasteiger partial charge in [0.15, 0.2) is 5.96 Å². The topological polar surface area (TPSA) is 60.3 Å². The molecule has 0 radical (unpaired) electrons. The summed E-state index contributed by atoms with van der Waals surface area (Å²) in [6, 6.07) is 0.607. The largest absolute Gasteiger partial charge is 0.388 e. The highest BCUT2D eigenvalue weighted by molar-refractivity contribution is 14.0. The van der Waals surface area contributed by atoms with Crippen LogP contribution in [0.15, 0.2) is 4.99 Å². The molecule has 0 amide bonds. The molecule has 2 aliphatic heterocycles. The van der Waals surface area contributed by atoms with Crippen molar-refractivity contribution < 1.29 is 9.84 Å². The van der Waals surface area contributed by atoms with E-state index in [4.69, 9.17) is 4.74 Å². The van der Waals surface area contributed by atoms with Gasteiger partial charge in [0, 0.05) is 45.8 Å². The highest BCUT2D eigenvalue weighted by Gasteiger charge is 2.32. The van der Waals surface area contributed by atoms with Crippen LogP contribution in [0.2, 0.25) is 0 Å². The number of ether oxygens (including phenoxy) is 1. The molecule has 6 nitrogen and oxygen atoms in total. The zero-order valence-electron chi connectivity index (χ0n) is 14.9. The maximum atomic E-state index is 10.7. The van der Waals surface area contributed by atoms with Gasteiger partial charge >= 0.3 is 0 Å². The average molecular weight is 452 g/mol. The Bertz CT molecular complexity index is 409. The lowest BCUT2D eigenvalue weighted by Gasteiger charge is -2.34. The Hall–Kier alpha value is -0.120. The number of aliphatic hydroxyl groups is 1. The van der Waals surface area contributed by atoms with Crippen molar-refractivity contribution in [3.63, 3.8) is 0 Å². The standard InChI is InChI=1S/C17H32N4O2.HI/c1-18-16(19-14-17(22)6-3-2-4-7-17)21-8-5-15(13-21)20-9-11-23-12-10-20;/h15,22H,2-14H2,1H3,(H,18,19);1H. The Morgan fingerprint density at radius 1 is 1.21 bits per heavy atom. The summed E-state index contributed by atoms with van der Waals surface area (Å²) in [5.74, 6) is 0.944. The summed E-state index contributed by atoms with van der Waals surface area (Å²) in [4.78, 5) is 9.33. The van der Waals surface area contributed by atoms with Crippen LogP contribution in [-0.2, 0) is 4.74 Å². The predicted octanol–water partition coefficient (Wildman–Crippen LogP) is 1.28.